The molecule has 4 nitrogen and oxygen atoms in total. The summed E-state index contributed by atoms with van der Waals surface area (Å²) >= 11 is 0. The fraction of sp³-hybridized carbons (Fsp3) is 0.286. The highest BCUT2D eigenvalue weighted by Gasteiger charge is 2.09. The van der Waals surface area contributed by atoms with Crippen molar-refractivity contribution in [3.05, 3.63) is 53.1 Å². The van der Waals surface area contributed by atoms with Crippen LogP contribution in [0.5, 0.6) is 0 Å². The van der Waals surface area contributed by atoms with Crippen molar-refractivity contribution in [2.24, 2.45) is 0 Å². The highest BCUT2D eigenvalue weighted by atomic mass is 16.4. The molecule has 0 aliphatic heterocycles. The fourth-order valence-corrected chi connectivity index (χ4v) is 1.96. The van der Waals surface area contributed by atoms with Gasteiger partial charge in [-0.3, -0.25) is 0 Å². The molecule has 1 aromatic carbocycles. The molecule has 1 aromatic heterocycles. The molecule has 0 amide bonds. The van der Waals surface area contributed by atoms with Crippen LogP contribution in [-0.4, -0.2) is 20.6 Å². The zero-order chi connectivity index (χ0) is 13.1. The monoisotopic (exact) mass is 244 g/mol. The predicted octanol–water partition coefficient (Wildman–Crippen LogP) is 2.50. The lowest BCUT2D eigenvalue weighted by atomic mass is 10.0. The van der Waals surface area contributed by atoms with E-state index in [-0.39, 0.29) is 0 Å². The second-order valence-electron chi connectivity index (χ2n) is 4.25. The van der Waals surface area contributed by atoms with Gasteiger partial charge in [0, 0.05) is 25.4 Å². The summed E-state index contributed by atoms with van der Waals surface area (Å²) in [4.78, 5) is 15.3. The predicted molar refractivity (Wildman–Crippen MR) is 68.8 cm³/mol. The van der Waals surface area contributed by atoms with Crippen LogP contribution in [0.2, 0.25) is 0 Å². The first-order valence-electron chi connectivity index (χ1n) is 5.94. The molecule has 0 aliphatic rings. The Labute approximate surface area is 106 Å². The van der Waals surface area contributed by atoms with E-state index in [2.05, 4.69) is 16.5 Å². The third-order valence-electron chi connectivity index (χ3n) is 3.09. The van der Waals surface area contributed by atoms with Crippen molar-refractivity contribution < 1.29 is 9.90 Å². The second kappa shape index (κ2) is 5.04. The van der Waals surface area contributed by atoms with Gasteiger partial charge in [0.05, 0.1) is 5.56 Å². The molecule has 1 N–H and O–H groups in total. The summed E-state index contributed by atoms with van der Waals surface area (Å²) in [6, 6.07) is 5.21. The molecule has 2 aromatic rings. The topological polar surface area (TPSA) is 55.1 Å². The molecule has 18 heavy (non-hydrogen) atoms. The number of aromatic nitrogens is 2. The summed E-state index contributed by atoms with van der Waals surface area (Å²) in [5, 5.41) is 9.01. The Balaban J connectivity index is 2.33. The summed E-state index contributed by atoms with van der Waals surface area (Å²) in [5.41, 5.74) is 2.42. The van der Waals surface area contributed by atoms with Crippen molar-refractivity contribution in [2.45, 2.75) is 26.8 Å². The lowest BCUT2D eigenvalue weighted by molar-refractivity contribution is 0.0697. The number of hydrogen-bond donors (Lipinski definition) is 1. The molecule has 0 radical (unpaired) electrons. The summed E-state index contributed by atoms with van der Waals surface area (Å²) in [6.07, 6.45) is 4.37. The van der Waals surface area contributed by atoms with E-state index in [4.69, 9.17) is 5.11 Å². The summed E-state index contributed by atoms with van der Waals surface area (Å²) in [7, 11) is 0. The number of imidazole rings is 1. The van der Waals surface area contributed by atoms with Crippen LogP contribution in [0.4, 0.5) is 0 Å². The third kappa shape index (κ3) is 2.42. The van der Waals surface area contributed by atoms with Crippen LogP contribution in [0.25, 0.3) is 0 Å². The maximum atomic E-state index is 11.0. The Morgan fingerprint density at radius 2 is 2.22 bits per heavy atom. The number of carboxylic acid groups (broad SMARTS) is 1. The van der Waals surface area contributed by atoms with Crippen LogP contribution in [0.3, 0.4) is 0 Å². The van der Waals surface area contributed by atoms with Crippen molar-refractivity contribution in [3.8, 4) is 0 Å². The zero-order valence-electron chi connectivity index (χ0n) is 10.6. The van der Waals surface area contributed by atoms with E-state index in [1.165, 1.54) is 0 Å². The molecule has 0 saturated carbocycles. The number of carbonyl (C=O) groups is 1. The smallest absolute Gasteiger partial charge is 0.335 e. The van der Waals surface area contributed by atoms with E-state index in [0.717, 1.165) is 23.5 Å². The minimum atomic E-state index is -0.893. The molecule has 0 bridgehead atoms. The van der Waals surface area contributed by atoms with Crippen molar-refractivity contribution in [1.29, 1.82) is 0 Å². The quantitative estimate of drug-likeness (QED) is 0.899. The van der Waals surface area contributed by atoms with Crippen molar-refractivity contribution >= 4 is 5.97 Å². The van der Waals surface area contributed by atoms with Crippen molar-refractivity contribution in [2.75, 3.05) is 0 Å². The van der Waals surface area contributed by atoms with Crippen molar-refractivity contribution in [3.63, 3.8) is 0 Å². The Morgan fingerprint density at radius 3 is 2.89 bits per heavy atom. The molecule has 94 valence electrons. The number of aryl methyl sites for hydroxylation is 2. The summed E-state index contributed by atoms with van der Waals surface area (Å²) < 4.78 is 2.06. The molecular weight excluding hydrogens is 228 g/mol. The average Bonchev–Trinajstić information content (AvgIpc) is 2.79. The molecular formula is C14H16N2O2. The second-order valence-corrected chi connectivity index (χ2v) is 4.25. The van der Waals surface area contributed by atoms with Crippen molar-refractivity contribution in [1.82, 2.24) is 9.55 Å². The van der Waals surface area contributed by atoms with Crippen LogP contribution in [0, 0.1) is 6.92 Å². The van der Waals surface area contributed by atoms with Gasteiger partial charge in [0.2, 0.25) is 0 Å². The third-order valence-corrected chi connectivity index (χ3v) is 3.09. The lowest BCUT2D eigenvalue weighted by Crippen LogP contribution is -2.05. The lowest BCUT2D eigenvalue weighted by Gasteiger charge is -2.08. The standard InChI is InChI=1S/C14H16N2O2/c1-3-16-7-6-15-13(16)9-12-8-11(14(17)18)5-4-10(12)2/h4-8H,3,9H2,1-2H3,(H,17,18). The van der Waals surface area contributed by atoms with Gasteiger partial charge in [0.1, 0.15) is 5.82 Å². The number of benzene rings is 1. The van der Waals surface area contributed by atoms with Crippen LogP contribution in [0.15, 0.2) is 30.6 Å². The number of hydrogen-bond acceptors (Lipinski definition) is 2. The molecule has 0 saturated heterocycles. The first-order chi connectivity index (χ1) is 8.61. The van der Waals surface area contributed by atoms with Gasteiger partial charge in [-0.15, -0.1) is 0 Å². The Morgan fingerprint density at radius 1 is 1.44 bits per heavy atom. The van der Waals surface area contributed by atoms with Crippen LogP contribution >= 0.6 is 0 Å². The molecule has 4 heteroatoms. The first kappa shape index (κ1) is 12.4. The van der Waals surface area contributed by atoms with Crippen LogP contribution < -0.4 is 0 Å². The minimum absolute atomic E-state index is 0.324. The minimum Gasteiger partial charge on any atom is -0.478 e. The number of nitrogens with zero attached hydrogens (tertiary/aromatic N) is 2. The molecule has 0 atom stereocenters. The van der Waals surface area contributed by atoms with Crippen LogP contribution in [0.1, 0.15) is 34.2 Å². The largest absolute Gasteiger partial charge is 0.478 e. The average molecular weight is 244 g/mol. The van der Waals surface area contributed by atoms with Gasteiger partial charge in [-0.25, -0.2) is 9.78 Å². The van der Waals surface area contributed by atoms with E-state index >= 15 is 0 Å². The molecule has 0 aliphatic carbocycles. The van der Waals surface area contributed by atoms with E-state index < -0.39 is 5.97 Å². The van der Waals surface area contributed by atoms with Gasteiger partial charge in [-0.05, 0) is 37.1 Å². The maximum Gasteiger partial charge on any atom is 0.335 e. The van der Waals surface area contributed by atoms with E-state index in [1.807, 2.05) is 19.2 Å². The molecule has 0 unspecified atom stereocenters. The van der Waals surface area contributed by atoms with E-state index in [9.17, 15) is 4.79 Å². The first-order valence-corrected chi connectivity index (χ1v) is 5.94. The zero-order valence-corrected chi connectivity index (χ0v) is 10.6. The number of carboxylic acids is 1. The van der Waals surface area contributed by atoms with Gasteiger partial charge in [-0.1, -0.05) is 6.07 Å². The van der Waals surface area contributed by atoms with Gasteiger partial charge in [0.25, 0.3) is 0 Å². The van der Waals surface area contributed by atoms with Crippen LogP contribution in [-0.2, 0) is 13.0 Å². The number of aromatic carboxylic acids is 1. The normalized spacial score (nSPS) is 10.6. The van der Waals surface area contributed by atoms with Gasteiger partial charge in [0.15, 0.2) is 0 Å². The SMILES string of the molecule is CCn1ccnc1Cc1cc(C(=O)O)ccc1C. The Hall–Kier alpha value is -2.10. The van der Waals surface area contributed by atoms with E-state index in [0.29, 0.717) is 12.0 Å². The molecule has 1 heterocycles. The van der Waals surface area contributed by atoms with E-state index in [1.54, 1.807) is 18.3 Å². The highest BCUT2D eigenvalue weighted by Crippen LogP contribution is 2.15. The fourth-order valence-electron chi connectivity index (χ4n) is 1.96. The maximum absolute atomic E-state index is 11.0. The number of rotatable bonds is 4. The highest BCUT2D eigenvalue weighted by molar-refractivity contribution is 5.87. The molecule has 2 rings (SSSR count). The van der Waals surface area contributed by atoms with Gasteiger partial charge >= 0.3 is 5.97 Å². The molecule has 0 spiro atoms. The van der Waals surface area contributed by atoms with Gasteiger partial charge in [-0.2, -0.15) is 0 Å². The summed E-state index contributed by atoms with van der Waals surface area (Å²) in [5.74, 6) is 0.0678. The Bertz CT molecular complexity index is 573. The summed E-state index contributed by atoms with van der Waals surface area (Å²) in [6.45, 7) is 4.92. The Kier molecular flexibility index (Phi) is 3.46. The molecule has 0 fully saturated rings. The van der Waals surface area contributed by atoms with Gasteiger partial charge < -0.3 is 9.67 Å².